The third-order valence-electron chi connectivity index (χ3n) is 2.26. The molecule has 0 aromatic carbocycles. The van der Waals surface area contributed by atoms with Crippen molar-refractivity contribution in [1.82, 2.24) is 29.9 Å². The normalized spacial score (nSPS) is 10.3. The highest BCUT2D eigenvalue weighted by atomic mass is 15.2. The molecule has 0 saturated carbocycles. The topological polar surface area (TPSA) is 205 Å². The summed E-state index contributed by atoms with van der Waals surface area (Å²) in [5, 5.41) is 5.94. The zero-order chi connectivity index (χ0) is 15.2. The van der Waals surface area contributed by atoms with Gasteiger partial charge in [0.2, 0.25) is 35.7 Å². The molecule has 2 aromatic heterocycles. The van der Waals surface area contributed by atoms with Gasteiger partial charge < -0.3 is 33.6 Å². The zero-order valence-electron chi connectivity index (χ0n) is 11.1. The number of rotatable bonds is 6. The summed E-state index contributed by atoms with van der Waals surface area (Å²) >= 11 is 0. The molecule has 112 valence electrons. The quantitative estimate of drug-likeness (QED) is 0.329. The van der Waals surface area contributed by atoms with Crippen LogP contribution in [0.4, 0.5) is 35.7 Å². The first-order valence-electron chi connectivity index (χ1n) is 6.05. The Balaban J connectivity index is 1.74. The summed E-state index contributed by atoms with van der Waals surface area (Å²) in [4.78, 5) is 22.9. The molecule has 0 unspecified atom stereocenters. The Morgan fingerprint density at radius 3 is 1.24 bits per heavy atom. The molecule has 0 aliphatic rings. The van der Waals surface area contributed by atoms with Gasteiger partial charge in [0.05, 0.1) is 0 Å². The summed E-state index contributed by atoms with van der Waals surface area (Å²) in [5.41, 5.74) is 21.8. The molecule has 0 aliphatic carbocycles. The van der Waals surface area contributed by atoms with E-state index in [0.717, 1.165) is 6.42 Å². The first-order chi connectivity index (χ1) is 10.0. The van der Waals surface area contributed by atoms with E-state index in [1.165, 1.54) is 0 Å². The van der Waals surface area contributed by atoms with Crippen LogP contribution >= 0.6 is 0 Å². The van der Waals surface area contributed by atoms with E-state index in [1.54, 1.807) is 0 Å². The minimum absolute atomic E-state index is 0.0688. The predicted octanol–water partition coefficient (Wildman–Crippen LogP) is -1.70. The summed E-state index contributed by atoms with van der Waals surface area (Å²) < 4.78 is 0. The Morgan fingerprint density at radius 2 is 0.905 bits per heavy atom. The number of nitrogen functional groups attached to an aromatic ring is 4. The maximum Gasteiger partial charge on any atom is 0.229 e. The number of nitrogens with zero attached hydrogens (tertiary/aromatic N) is 6. The van der Waals surface area contributed by atoms with Gasteiger partial charge in [0.1, 0.15) is 0 Å². The summed E-state index contributed by atoms with van der Waals surface area (Å²) in [6, 6.07) is 0. The summed E-state index contributed by atoms with van der Waals surface area (Å²) in [5.74, 6) is 0.930. The molecule has 10 N–H and O–H groups in total. The van der Waals surface area contributed by atoms with E-state index in [4.69, 9.17) is 22.9 Å². The van der Waals surface area contributed by atoms with Crippen LogP contribution in [-0.2, 0) is 0 Å². The van der Waals surface area contributed by atoms with Crippen molar-refractivity contribution in [1.29, 1.82) is 0 Å². The van der Waals surface area contributed by atoms with Crippen LogP contribution in [0.1, 0.15) is 6.42 Å². The fourth-order valence-corrected chi connectivity index (χ4v) is 1.47. The van der Waals surface area contributed by atoms with E-state index in [0.29, 0.717) is 25.0 Å². The van der Waals surface area contributed by atoms with Crippen molar-refractivity contribution >= 4 is 35.7 Å². The number of hydrogen-bond donors (Lipinski definition) is 6. The van der Waals surface area contributed by atoms with Gasteiger partial charge in [-0.1, -0.05) is 0 Å². The van der Waals surface area contributed by atoms with E-state index in [-0.39, 0.29) is 23.8 Å². The molecule has 0 saturated heterocycles. The molecule has 12 nitrogen and oxygen atoms in total. The number of aromatic nitrogens is 6. The van der Waals surface area contributed by atoms with Crippen LogP contribution in [0.15, 0.2) is 0 Å². The standard InChI is InChI=1S/C9H16N12/c10-4-16-5(11)19-8(18-4)14-2-1-3-15-9-20-6(12)17-7(13)21-9/h1-3H2,(H5,10,11,14,16,18,19)(H5,12,13,15,17,20,21). The van der Waals surface area contributed by atoms with Crippen molar-refractivity contribution in [2.24, 2.45) is 0 Å². The van der Waals surface area contributed by atoms with Crippen molar-refractivity contribution in [3.8, 4) is 0 Å². The van der Waals surface area contributed by atoms with Crippen LogP contribution < -0.4 is 33.6 Å². The van der Waals surface area contributed by atoms with Crippen LogP contribution in [0, 0.1) is 0 Å². The van der Waals surface area contributed by atoms with E-state index >= 15 is 0 Å². The van der Waals surface area contributed by atoms with Gasteiger partial charge in [0.25, 0.3) is 0 Å². The van der Waals surface area contributed by atoms with Crippen LogP contribution in [0.3, 0.4) is 0 Å². The zero-order valence-corrected chi connectivity index (χ0v) is 11.1. The Kier molecular flexibility index (Phi) is 4.28. The average molecular weight is 292 g/mol. The smallest absolute Gasteiger partial charge is 0.229 e. The van der Waals surface area contributed by atoms with Gasteiger partial charge in [0.15, 0.2) is 0 Å². The van der Waals surface area contributed by atoms with Gasteiger partial charge in [-0.25, -0.2) is 0 Å². The highest BCUT2D eigenvalue weighted by Crippen LogP contribution is 2.04. The SMILES string of the molecule is Nc1nc(N)nc(NCCCNc2nc(N)nc(N)n2)n1. The molecular weight excluding hydrogens is 276 g/mol. The predicted molar refractivity (Wildman–Crippen MR) is 78.9 cm³/mol. The second-order valence-corrected chi connectivity index (χ2v) is 3.96. The molecule has 2 rings (SSSR count). The van der Waals surface area contributed by atoms with Gasteiger partial charge in [0, 0.05) is 13.1 Å². The molecule has 12 heteroatoms. The van der Waals surface area contributed by atoms with Crippen molar-refractivity contribution in [3.63, 3.8) is 0 Å². The first kappa shape index (κ1) is 14.2. The molecule has 0 aliphatic heterocycles. The maximum absolute atomic E-state index is 5.45. The average Bonchev–Trinajstić information content (AvgIpc) is 2.36. The van der Waals surface area contributed by atoms with Crippen LogP contribution in [0.2, 0.25) is 0 Å². The molecule has 0 atom stereocenters. The highest BCUT2D eigenvalue weighted by molar-refractivity contribution is 5.38. The first-order valence-corrected chi connectivity index (χ1v) is 6.05. The monoisotopic (exact) mass is 292 g/mol. The number of nitrogens with one attached hydrogen (secondary N) is 2. The summed E-state index contributed by atoms with van der Waals surface area (Å²) in [7, 11) is 0. The molecule has 0 fully saturated rings. The number of nitrogens with two attached hydrogens (primary N) is 4. The Bertz CT molecular complexity index is 520. The Hall–Kier alpha value is -3.18. The van der Waals surface area contributed by atoms with Crippen LogP contribution in [0.5, 0.6) is 0 Å². The summed E-state index contributed by atoms with van der Waals surface area (Å²) in [6.45, 7) is 1.18. The van der Waals surface area contributed by atoms with Crippen molar-refractivity contribution < 1.29 is 0 Å². The second-order valence-electron chi connectivity index (χ2n) is 3.96. The molecule has 21 heavy (non-hydrogen) atoms. The largest absolute Gasteiger partial charge is 0.368 e. The van der Waals surface area contributed by atoms with E-state index < -0.39 is 0 Å². The fourth-order valence-electron chi connectivity index (χ4n) is 1.47. The van der Waals surface area contributed by atoms with E-state index in [9.17, 15) is 0 Å². The van der Waals surface area contributed by atoms with Crippen LogP contribution in [-0.4, -0.2) is 43.0 Å². The molecule has 0 radical (unpaired) electrons. The van der Waals surface area contributed by atoms with Crippen LogP contribution in [0.25, 0.3) is 0 Å². The molecular formula is C9H16N12. The minimum atomic E-state index is 0.0688. The van der Waals surface area contributed by atoms with Gasteiger partial charge in [-0.2, -0.15) is 29.9 Å². The fraction of sp³-hybridized carbons (Fsp3) is 0.333. The van der Waals surface area contributed by atoms with Crippen molar-refractivity contribution in [3.05, 3.63) is 0 Å². The Morgan fingerprint density at radius 1 is 0.571 bits per heavy atom. The summed E-state index contributed by atoms with van der Waals surface area (Å²) in [6.07, 6.45) is 0.733. The molecule has 2 aromatic rings. The lowest BCUT2D eigenvalue weighted by molar-refractivity contribution is 0.879. The molecule has 0 bridgehead atoms. The van der Waals surface area contributed by atoms with E-state index in [2.05, 4.69) is 40.5 Å². The lowest BCUT2D eigenvalue weighted by atomic mass is 10.4. The Labute approximate surface area is 119 Å². The van der Waals surface area contributed by atoms with Gasteiger partial charge >= 0.3 is 0 Å². The third-order valence-corrected chi connectivity index (χ3v) is 2.26. The second kappa shape index (κ2) is 6.31. The minimum Gasteiger partial charge on any atom is -0.368 e. The number of hydrogen-bond acceptors (Lipinski definition) is 12. The maximum atomic E-state index is 5.45. The van der Waals surface area contributed by atoms with Crippen molar-refractivity contribution in [2.75, 3.05) is 46.7 Å². The van der Waals surface area contributed by atoms with E-state index in [1.807, 2.05) is 0 Å². The lowest BCUT2D eigenvalue weighted by Crippen LogP contribution is -2.14. The molecule has 0 spiro atoms. The molecule has 0 amide bonds. The number of anilines is 6. The highest BCUT2D eigenvalue weighted by Gasteiger charge is 2.02. The van der Waals surface area contributed by atoms with Gasteiger partial charge in [-0.15, -0.1) is 0 Å². The lowest BCUT2D eigenvalue weighted by Gasteiger charge is -2.07. The van der Waals surface area contributed by atoms with Gasteiger partial charge in [-0.05, 0) is 6.42 Å². The van der Waals surface area contributed by atoms with Gasteiger partial charge in [-0.3, -0.25) is 0 Å². The molecule has 2 heterocycles. The third kappa shape index (κ3) is 4.45. The van der Waals surface area contributed by atoms with Crippen molar-refractivity contribution in [2.45, 2.75) is 6.42 Å².